The predicted octanol–water partition coefficient (Wildman–Crippen LogP) is 3.50. The van der Waals surface area contributed by atoms with E-state index in [1.165, 1.54) is 12.1 Å². The van der Waals surface area contributed by atoms with E-state index in [9.17, 15) is 8.78 Å². The highest BCUT2D eigenvalue weighted by molar-refractivity contribution is 5.25. The Balaban J connectivity index is 2.09. The maximum Gasteiger partial charge on any atom is 0.167 e. The third kappa shape index (κ3) is 3.44. The van der Waals surface area contributed by atoms with Gasteiger partial charge in [-0.1, -0.05) is 13.3 Å². The number of hydrogen-bond acceptors (Lipinski definition) is 2. The van der Waals surface area contributed by atoms with Crippen LogP contribution in [0.25, 0.3) is 0 Å². The van der Waals surface area contributed by atoms with Crippen LogP contribution < -0.4 is 10.5 Å². The van der Waals surface area contributed by atoms with E-state index in [1.54, 1.807) is 0 Å². The molecule has 1 saturated carbocycles. The lowest BCUT2D eigenvalue weighted by Crippen LogP contribution is -2.38. The molecule has 1 aromatic rings. The summed E-state index contributed by atoms with van der Waals surface area (Å²) in [5, 5.41) is 0. The molecule has 0 aliphatic heterocycles. The molecule has 0 spiro atoms. The van der Waals surface area contributed by atoms with E-state index in [4.69, 9.17) is 10.5 Å². The molecule has 2 rings (SSSR count). The molecule has 2 nitrogen and oxygen atoms in total. The summed E-state index contributed by atoms with van der Waals surface area (Å²) in [4.78, 5) is 0. The molecular weight excluding hydrogens is 248 g/mol. The van der Waals surface area contributed by atoms with Gasteiger partial charge >= 0.3 is 0 Å². The van der Waals surface area contributed by atoms with E-state index in [0.717, 1.165) is 31.7 Å². The normalized spacial score (nSPS) is 27.3. The van der Waals surface area contributed by atoms with Gasteiger partial charge in [0.1, 0.15) is 11.9 Å². The summed E-state index contributed by atoms with van der Waals surface area (Å²) in [6.45, 7) is 2.70. The summed E-state index contributed by atoms with van der Waals surface area (Å²) in [7, 11) is 0. The SMILES string of the molecule is CCC1CCC(CN)C(Oc2ccc(F)cc2F)C1. The van der Waals surface area contributed by atoms with Crippen LogP contribution in [0.1, 0.15) is 32.6 Å². The number of hydrogen-bond donors (Lipinski definition) is 1. The van der Waals surface area contributed by atoms with Gasteiger partial charge in [-0.3, -0.25) is 0 Å². The molecule has 3 unspecified atom stereocenters. The van der Waals surface area contributed by atoms with Crippen LogP contribution in [0.4, 0.5) is 8.78 Å². The van der Waals surface area contributed by atoms with Gasteiger partial charge in [-0.25, -0.2) is 8.78 Å². The highest BCUT2D eigenvalue weighted by atomic mass is 19.1. The molecule has 1 aliphatic rings. The second kappa shape index (κ2) is 6.33. The number of halogens is 2. The van der Waals surface area contributed by atoms with Crippen molar-refractivity contribution in [1.29, 1.82) is 0 Å². The Bertz CT molecular complexity index is 425. The first-order chi connectivity index (χ1) is 9.13. The van der Waals surface area contributed by atoms with Crippen molar-refractivity contribution in [3.8, 4) is 5.75 Å². The minimum absolute atomic E-state index is 0.0661. The van der Waals surface area contributed by atoms with E-state index < -0.39 is 11.6 Å². The van der Waals surface area contributed by atoms with Crippen LogP contribution in [0.5, 0.6) is 5.75 Å². The first-order valence-electron chi connectivity index (χ1n) is 6.95. The average molecular weight is 269 g/mol. The van der Waals surface area contributed by atoms with E-state index in [-0.39, 0.29) is 17.8 Å². The smallest absolute Gasteiger partial charge is 0.167 e. The molecule has 1 fully saturated rings. The second-order valence-electron chi connectivity index (χ2n) is 5.31. The molecule has 2 N–H and O–H groups in total. The standard InChI is InChI=1S/C15H21F2NO/c1-2-10-3-4-11(9-18)15(7-10)19-14-6-5-12(16)8-13(14)17/h5-6,8,10-11,15H,2-4,7,9,18H2,1H3. The molecule has 1 aromatic carbocycles. The first-order valence-corrected chi connectivity index (χ1v) is 6.95. The monoisotopic (exact) mass is 269 g/mol. The van der Waals surface area contributed by atoms with Crippen LogP contribution in [0, 0.1) is 23.5 Å². The zero-order valence-electron chi connectivity index (χ0n) is 11.2. The van der Waals surface area contributed by atoms with Gasteiger partial charge in [-0.15, -0.1) is 0 Å². The van der Waals surface area contributed by atoms with Crippen LogP contribution >= 0.6 is 0 Å². The van der Waals surface area contributed by atoms with Gasteiger partial charge in [0.2, 0.25) is 0 Å². The fourth-order valence-electron chi connectivity index (χ4n) is 2.79. The minimum Gasteiger partial charge on any atom is -0.487 e. The zero-order valence-corrected chi connectivity index (χ0v) is 11.2. The van der Waals surface area contributed by atoms with Gasteiger partial charge in [-0.2, -0.15) is 0 Å². The van der Waals surface area contributed by atoms with Crippen molar-refractivity contribution in [3.05, 3.63) is 29.8 Å². The predicted molar refractivity (Wildman–Crippen MR) is 71.0 cm³/mol. The molecule has 0 amide bonds. The van der Waals surface area contributed by atoms with Gasteiger partial charge in [0.25, 0.3) is 0 Å². The van der Waals surface area contributed by atoms with E-state index in [1.807, 2.05) is 0 Å². The van der Waals surface area contributed by atoms with Crippen LogP contribution in [0.15, 0.2) is 18.2 Å². The fourth-order valence-corrected chi connectivity index (χ4v) is 2.79. The summed E-state index contributed by atoms with van der Waals surface area (Å²) in [6, 6.07) is 3.43. The van der Waals surface area contributed by atoms with Crippen molar-refractivity contribution in [2.24, 2.45) is 17.6 Å². The Labute approximate surface area is 112 Å². The van der Waals surface area contributed by atoms with Gasteiger partial charge in [0.05, 0.1) is 0 Å². The third-order valence-corrected chi connectivity index (χ3v) is 4.09. The van der Waals surface area contributed by atoms with Crippen molar-refractivity contribution in [1.82, 2.24) is 0 Å². The number of rotatable bonds is 4. The highest BCUT2D eigenvalue weighted by Gasteiger charge is 2.31. The van der Waals surface area contributed by atoms with Crippen LogP contribution in [0.3, 0.4) is 0 Å². The second-order valence-corrected chi connectivity index (χ2v) is 5.31. The topological polar surface area (TPSA) is 35.2 Å². The number of ether oxygens (including phenoxy) is 1. The van der Waals surface area contributed by atoms with Crippen LogP contribution in [0.2, 0.25) is 0 Å². The minimum atomic E-state index is -0.644. The largest absolute Gasteiger partial charge is 0.487 e. The lowest BCUT2D eigenvalue weighted by atomic mass is 9.78. The lowest BCUT2D eigenvalue weighted by molar-refractivity contribution is 0.0649. The van der Waals surface area contributed by atoms with E-state index in [2.05, 4.69) is 6.92 Å². The Hall–Kier alpha value is -1.16. The van der Waals surface area contributed by atoms with Crippen molar-refractivity contribution in [2.45, 2.75) is 38.7 Å². The molecule has 19 heavy (non-hydrogen) atoms. The van der Waals surface area contributed by atoms with Crippen LogP contribution in [-0.2, 0) is 0 Å². The van der Waals surface area contributed by atoms with Crippen molar-refractivity contribution in [2.75, 3.05) is 6.54 Å². The van der Waals surface area contributed by atoms with E-state index in [0.29, 0.717) is 12.5 Å². The molecular formula is C15H21F2NO. The average Bonchev–Trinajstić information content (AvgIpc) is 2.41. The van der Waals surface area contributed by atoms with Crippen molar-refractivity contribution in [3.63, 3.8) is 0 Å². The molecule has 0 aromatic heterocycles. The van der Waals surface area contributed by atoms with Crippen molar-refractivity contribution < 1.29 is 13.5 Å². The number of nitrogens with two attached hydrogens (primary N) is 1. The maximum atomic E-state index is 13.6. The number of benzene rings is 1. The molecule has 0 heterocycles. The van der Waals surface area contributed by atoms with Gasteiger partial charge in [0.15, 0.2) is 11.6 Å². The van der Waals surface area contributed by atoms with Gasteiger partial charge < -0.3 is 10.5 Å². The molecule has 0 saturated heterocycles. The van der Waals surface area contributed by atoms with Gasteiger partial charge in [0, 0.05) is 12.0 Å². The zero-order chi connectivity index (χ0) is 13.8. The van der Waals surface area contributed by atoms with Crippen LogP contribution in [-0.4, -0.2) is 12.6 Å². The summed E-state index contributed by atoms with van der Waals surface area (Å²) >= 11 is 0. The summed E-state index contributed by atoms with van der Waals surface area (Å²) in [6.07, 6.45) is 4.11. The molecule has 0 bridgehead atoms. The first kappa shape index (κ1) is 14.3. The Kier molecular flexibility index (Phi) is 4.75. The van der Waals surface area contributed by atoms with Gasteiger partial charge in [-0.05, 0) is 43.9 Å². The van der Waals surface area contributed by atoms with Crippen molar-refractivity contribution >= 4 is 0 Å². The summed E-state index contributed by atoms with van der Waals surface area (Å²) in [5.41, 5.74) is 5.76. The molecule has 3 atom stereocenters. The maximum absolute atomic E-state index is 13.6. The molecule has 1 aliphatic carbocycles. The Morgan fingerprint density at radius 2 is 2.11 bits per heavy atom. The molecule has 4 heteroatoms. The Morgan fingerprint density at radius 1 is 1.32 bits per heavy atom. The Morgan fingerprint density at radius 3 is 2.74 bits per heavy atom. The highest BCUT2D eigenvalue weighted by Crippen LogP contribution is 2.34. The molecule has 106 valence electrons. The molecule has 0 radical (unpaired) electrons. The lowest BCUT2D eigenvalue weighted by Gasteiger charge is -2.35. The summed E-state index contributed by atoms with van der Waals surface area (Å²) < 4.78 is 32.2. The van der Waals surface area contributed by atoms with E-state index >= 15 is 0 Å². The summed E-state index contributed by atoms with van der Waals surface area (Å²) in [5.74, 6) is -0.241. The third-order valence-electron chi connectivity index (χ3n) is 4.09. The quantitative estimate of drug-likeness (QED) is 0.908. The fraction of sp³-hybridized carbons (Fsp3) is 0.600.